The minimum absolute atomic E-state index is 0.135. The molecule has 9 nitrogen and oxygen atoms in total. The number of hydrogen-bond acceptors (Lipinski definition) is 8. The Bertz CT molecular complexity index is 1050. The topological polar surface area (TPSA) is 96.2 Å². The van der Waals surface area contributed by atoms with Crippen molar-refractivity contribution in [2.45, 2.75) is 26.0 Å². The van der Waals surface area contributed by atoms with Gasteiger partial charge in [0, 0.05) is 13.1 Å². The maximum Gasteiger partial charge on any atom is 0.263 e. The van der Waals surface area contributed by atoms with Gasteiger partial charge >= 0.3 is 0 Å². The van der Waals surface area contributed by atoms with Crippen molar-refractivity contribution in [3.05, 3.63) is 48.4 Å². The number of para-hydroxylation sites is 2. The van der Waals surface area contributed by atoms with E-state index in [0.717, 1.165) is 0 Å². The zero-order valence-corrected chi connectivity index (χ0v) is 18.8. The van der Waals surface area contributed by atoms with Crippen LogP contribution >= 0.6 is 0 Å². The molecule has 0 saturated carbocycles. The highest BCUT2D eigenvalue weighted by Crippen LogP contribution is 2.32. The molecule has 0 radical (unpaired) electrons. The molecule has 0 aliphatic rings. The molecule has 0 bridgehead atoms. The molecule has 170 valence electrons. The molecule has 1 amide bonds. The predicted octanol–water partition coefficient (Wildman–Crippen LogP) is 3.58. The number of amides is 1. The molecule has 9 heteroatoms. The molecule has 0 spiro atoms. The first kappa shape index (κ1) is 22.9. The fraction of sp³-hybridized carbons (Fsp3) is 0.348. The van der Waals surface area contributed by atoms with Crippen LogP contribution in [0.15, 0.2) is 47.0 Å². The van der Waals surface area contributed by atoms with Gasteiger partial charge in [-0.15, -0.1) is 0 Å². The first-order valence-electron chi connectivity index (χ1n) is 10.1. The number of likely N-dealkylation sites (N-methyl/N-ethyl adjacent to an activating group) is 1. The van der Waals surface area contributed by atoms with Crippen LogP contribution in [0.5, 0.6) is 23.0 Å². The summed E-state index contributed by atoms with van der Waals surface area (Å²) in [6, 6.07) is 12.5. The number of carbonyl (C=O) groups is 1. The summed E-state index contributed by atoms with van der Waals surface area (Å²) in [7, 11) is 6.35. The van der Waals surface area contributed by atoms with Crippen LogP contribution in [0.4, 0.5) is 0 Å². The normalized spacial score (nSPS) is 11.5. The van der Waals surface area contributed by atoms with Gasteiger partial charge < -0.3 is 28.4 Å². The standard InChI is InChI=1S/C23H27N3O6/c1-6-17(31-19-10-8-7-9-18(19)29-4)23(27)26(2)14-21-24-22(25-32-21)16-12-11-15(28-3)13-20(16)30-5/h7-13,17H,6,14H2,1-5H3. The molecule has 2 aromatic carbocycles. The molecule has 1 heterocycles. The van der Waals surface area contributed by atoms with Crippen molar-refractivity contribution in [3.8, 4) is 34.4 Å². The maximum absolute atomic E-state index is 13.0. The molecule has 0 aliphatic heterocycles. The number of aromatic nitrogens is 2. The van der Waals surface area contributed by atoms with Gasteiger partial charge in [0.2, 0.25) is 11.7 Å². The van der Waals surface area contributed by atoms with Crippen LogP contribution in [-0.2, 0) is 11.3 Å². The van der Waals surface area contributed by atoms with Crippen LogP contribution in [-0.4, -0.2) is 55.4 Å². The lowest BCUT2D eigenvalue weighted by molar-refractivity contribution is -0.138. The fourth-order valence-electron chi connectivity index (χ4n) is 3.12. The molecule has 1 unspecified atom stereocenters. The number of hydrogen-bond donors (Lipinski definition) is 0. The monoisotopic (exact) mass is 441 g/mol. The van der Waals surface area contributed by atoms with Crippen LogP contribution in [0, 0.1) is 0 Å². The highest BCUT2D eigenvalue weighted by atomic mass is 16.5. The van der Waals surface area contributed by atoms with Crippen molar-refractivity contribution in [1.82, 2.24) is 15.0 Å². The second kappa shape index (κ2) is 10.5. The quantitative estimate of drug-likeness (QED) is 0.471. The highest BCUT2D eigenvalue weighted by Gasteiger charge is 2.25. The van der Waals surface area contributed by atoms with E-state index >= 15 is 0 Å². The highest BCUT2D eigenvalue weighted by molar-refractivity contribution is 5.81. The maximum atomic E-state index is 13.0. The zero-order chi connectivity index (χ0) is 23.1. The molecule has 0 aliphatic carbocycles. The van der Waals surface area contributed by atoms with Gasteiger partial charge in [-0.2, -0.15) is 4.98 Å². The average molecular weight is 441 g/mol. The van der Waals surface area contributed by atoms with Crippen LogP contribution in [0.1, 0.15) is 19.2 Å². The Labute approximate surface area is 186 Å². The Morgan fingerprint density at radius 1 is 1.03 bits per heavy atom. The summed E-state index contributed by atoms with van der Waals surface area (Å²) < 4.78 is 27.2. The van der Waals surface area contributed by atoms with Gasteiger partial charge in [-0.1, -0.05) is 24.2 Å². The summed E-state index contributed by atoms with van der Waals surface area (Å²) in [4.78, 5) is 18.9. The number of carbonyl (C=O) groups excluding carboxylic acids is 1. The predicted molar refractivity (Wildman–Crippen MR) is 117 cm³/mol. The second-order valence-electron chi connectivity index (χ2n) is 6.94. The van der Waals surface area contributed by atoms with E-state index in [1.54, 1.807) is 58.7 Å². The van der Waals surface area contributed by atoms with Crippen molar-refractivity contribution < 1.29 is 28.3 Å². The third kappa shape index (κ3) is 5.11. The van der Waals surface area contributed by atoms with E-state index in [1.807, 2.05) is 19.1 Å². The summed E-state index contributed by atoms with van der Waals surface area (Å²) in [6.07, 6.45) is -0.195. The number of benzene rings is 2. The van der Waals surface area contributed by atoms with Crippen molar-refractivity contribution in [1.29, 1.82) is 0 Å². The lowest BCUT2D eigenvalue weighted by atomic mass is 10.2. The lowest BCUT2D eigenvalue weighted by Crippen LogP contribution is -2.39. The first-order chi connectivity index (χ1) is 15.5. The molecule has 0 fully saturated rings. The van der Waals surface area contributed by atoms with Crippen LogP contribution in [0.3, 0.4) is 0 Å². The third-order valence-corrected chi connectivity index (χ3v) is 4.85. The van der Waals surface area contributed by atoms with Crippen LogP contribution in [0.2, 0.25) is 0 Å². The van der Waals surface area contributed by atoms with Gasteiger partial charge in [0.25, 0.3) is 5.91 Å². The zero-order valence-electron chi connectivity index (χ0n) is 18.8. The van der Waals surface area contributed by atoms with Gasteiger partial charge in [0.05, 0.1) is 33.4 Å². The van der Waals surface area contributed by atoms with Crippen molar-refractivity contribution in [2.24, 2.45) is 0 Å². The summed E-state index contributed by atoms with van der Waals surface area (Å²) in [5.41, 5.74) is 0.656. The van der Waals surface area contributed by atoms with E-state index in [9.17, 15) is 4.79 Å². The summed E-state index contributed by atoms with van der Waals surface area (Å²) in [5.74, 6) is 2.73. The van der Waals surface area contributed by atoms with E-state index in [4.69, 9.17) is 23.5 Å². The van der Waals surface area contributed by atoms with E-state index in [-0.39, 0.29) is 12.5 Å². The number of methoxy groups -OCH3 is 3. The minimum atomic E-state index is -0.680. The van der Waals surface area contributed by atoms with E-state index in [1.165, 1.54) is 4.90 Å². The second-order valence-corrected chi connectivity index (χ2v) is 6.94. The first-order valence-corrected chi connectivity index (χ1v) is 10.1. The molecule has 3 rings (SSSR count). The third-order valence-electron chi connectivity index (χ3n) is 4.85. The van der Waals surface area contributed by atoms with Crippen LogP contribution < -0.4 is 18.9 Å². The minimum Gasteiger partial charge on any atom is -0.497 e. The Morgan fingerprint density at radius 3 is 2.41 bits per heavy atom. The van der Waals surface area contributed by atoms with E-state index in [2.05, 4.69) is 10.1 Å². The SMILES string of the molecule is CCC(Oc1ccccc1OC)C(=O)N(C)Cc1nc(-c2ccc(OC)cc2OC)no1. The number of rotatable bonds is 10. The fourth-order valence-corrected chi connectivity index (χ4v) is 3.12. The summed E-state index contributed by atoms with van der Waals surface area (Å²) >= 11 is 0. The molecule has 0 N–H and O–H groups in total. The summed E-state index contributed by atoms with van der Waals surface area (Å²) in [6.45, 7) is 2.02. The van der Waals surface area contributed by atoms with Gasteiger partial charge in [0.1, 0.15) is 11.5 Å². The van der Waals surface area contributed by atoms with E-state index < -0.39 is 6.10 Å². The Balaban J connectivity index is 1.71. The molecule has 3 aromatic rings. The van der Waals surface area contributed by atoms with Gasteiger partial charge in [-0.3, -0.25) is 4.79 Å². The number of ether oxygens (including phenoxy) is 4. The lowest BCUT2D eigenvalue weighted by Gasteiger charge is -2.23. The molecule has 1 atom stereocenters. The molecule has 32 heavy (non-hydrogen) atoms. The molecule has 1 aromatic heterocycles. The largest absolute Gasteiger partial charge is 0.497 e. The molecular weight excluding hydrogens is 414 g/mol. The van der Waals surface area contributed by atoms with Crippen molar-refractivity contribution in [2.75, 3.05) is 28.4 Å². The van der Waals surface area contributed by atoms with E-state index in [0.29, 0.717) is 46.7 Å². The van der Waals surface area contributed by atoms with Crippen molar-refractivity contribution in [3.63, 3.8) is 0 Å². The average Bonchev–Trinajstić information content (AvgIpc) is 3.29. The van der Waals surface area contributed by atoms with Gasteiger partial charge in [-0.05, 0) is 30.7 Å². The van der Waals surface area contributed by atoms with Crippen molar-refractivity contribution >= 4 is 5.91 Å². The molecule has 0 saturated heterocycles. The van der Waals surface area contributed by atoms with Crippen LogP contribution in [0.25, 0.3) is 11.4 Å². The molecular formula is C23H27N3O6. The smallest absolute Gasteiger partial charge is 0.263 e. The van der Waals surface area contributed by atoms with Gasteiger partial charge in [-0.25, -0.2) is 0 Å². The van der Waals surface area contributed by atoms with Gasteiger partial charge in [0.15, 0.2) is 17.6 Å². The summed E-state index contributed by atoms with van der Waals surface area (Å²) in [5, 5.41) is 4.03. The Hall–Kier alpha value is -3.75. The number of nitrogens with zero attached hydrogens (tertiary/aromatic N) is 3. The Morgan fingerprint density at radius 2 is 1.75 bits per heavy atom. The Kier molecular flexibility index (Phi) is 7.54.